The Hall–Kier alpha value is -3.90. The number of nitrogens with zero attached hydrogens (tertiary/aromatic N) is 3. The Morgan fingerprint density at radius 2 is 1.68 bits per heavy atom. The Morgan fingerprint density at radius 3 is 2.32 bits per heavy atom. The van der Waals surface area contributed by atoms with Crippen LogP contribution in [0.5, 0.6) is 0 Å². The van der Waals surface area contributed by atoms with Crippen LogP contribution in [0.4, 0.5) is 5.95 Å². The van der Waals surface area contributed by atoms with E-state index in [1.54, 1.807) is 29.2 Å². The average Bonchev–Trinajstić information content (AvgIpc) is 3.29. The summed E-state index contributed by atoms with van der Waals surface area (Å²) in [7, 11) is 0. The van der Waals surface area contributed by atoms with Crippen LogP contribution in [0.25, 0.3) is 16.9 Å². The van der Waals surface area contributed by atoms with E-state index >= 15 is 0 Å². The first-order valence-corrected chi connectivity index (χ1v) is 12.7. The van der Waals surface area contributed by atoms with Crippen LogP contribution < -0.4 is 5.32 Å². The molecule has 0 aliphatic heterocycles. The maximum absolute atomic E-state index is 13.3. The maximum Gasteiger partial charge on any atom is 0.254 e. The summed E-state index contributed by atoms with van der Waals surface area (Å²) in [4.78, 5) is 32.8. The van der Waals surface area contributed by atoms with E-state index < -0.39 is 0 Å². The molecule has 0 aliphatic carbocycles. The summed E-state index contributed by atoms with van der Waals surface area (Å²) in [5.74, 6) is 0.0445. The number of rotatable bonds is 8. The van der Waals surface area contributed by atoms with Crippen LogP contribution in [0.2, 0.25) is 5.02 Å². The number of carbonyl (C=O) groups is 2. The normalized spacial score (nSPS) is 11.0. The van der Waals surface area contributed by atoms with Gasteiger partial charge in [-0.1, -0.05) is 61.8 Å². The molecule has 3 aromatic carbocycles. The third-order valence-corrected chi connectivity index (χ3v) is 6.35. The van der Waals surface area contributed by atoms with Crippen LogP contribution in [-0.2, 0) is 4.79 Å². The lowest BCUT2D eigenvalue weighted by Crippen LogP contribution is -2.40. The predicted molar refractivity (Wildman–Crippen MR) is 149 cm³/mol. The van der Waals surface area contributed by atoms with Crippen molar-refractivity contribution in [3.05, 3.63) is 101 Å². The van der Waals surface area contributed by atoms with Crippen LogP contribution >= 0.6 is 11.6 Å². The number of hydrogen-bond donors (Lipinski definition) is 1. The van der Waals surface area contributed by atoms with Crippen LogP contribution in [0.1, 0.15) is 35.3 Å². The highest BCUT2D eigenvalue weighted by Gasteiger charge is 2.22. The molecule has 0 saturated heterocycles. The summed E-state index contributed by atoms with van der Waals surface area (Å²) >= 11 is 5.99. The van der Waals surface area contributed by atoms with Gasteiger partial charge in [-0.3, -0.25) is 19.5 Å². The van der Waals surface area contributed by atoms with Crippen molar-refractivity contribution < 1.29 is 9.59 Å². The molecule has 0 atom stereocenters. The van der Waals surface area contributed by atoms with Crippen LogP contribution in [0.3, 0.4) is 0 Å². The van der Waals surface area contributed by atoms with Gasteiger partial charge in [0, 0.05) is 34.6 Å². The molecule has 4 aromatic rings. The summed E-state index contributed by atoms with van der Waals surface area (Å²) in [6, 6.07) is 22.6. The zero-order chi connectivity index (χ0) is 26.5. The molecule has 0 aliphatic rings. The van der Waals surface area contributed by atoms with Crippen molar-refractivity contribution in [2.24, 2.45) is 5.92 Å². The number of aryl methyl sites for hydroxylation is 2. The van der Waals surface area contributed by atoms with Crippen LogP contribution in [0.15, 0.2) is 79.0 Å². The first-order valence-electron chi connectivity index (χ1n) is 12.3. The minimum Gasteiger partial charge on any atom is -0.329 e. The van der Waals surface area contributed by atoms with Crippen molar-refractivity contribution in [3.8, 4) is 16.9 Å². The van der Waals surface area contributed by atoms with Gasteiger partial charge in [-0.15, -0.1) is 0 Å². The molecular weight excluding hydrogens is 484 g/mol. The standard InChI is InChI=1S/C30H31ClN4O2/c1-20(2)17-34(29(37)24-11-13-25(31)14-12-24)19-28(36)33-30-32-27(23-8-6-5-7-9-23)18-35(30)26-15-10-21(3)22(4)16-26/h5-16,18,20H,17,19H2,1-4H3,(H,32,33,36). The summed E-state index contributed by atoms with van der Waals surface area (Å²) in [5, 5.41) is 3.50. The van der Waals surface area contributed by atoms with Gasteiger partial charge in [-0.2, -0.15) is 0 Å². The van der Waals surface area contributed by atoms with Crippen molar-refractivity contribution in [1.29, 1.82) is 0 Å². The molecule has 0 radical (unpaired) electrons. The van der Waals surface area contributed by atoms with E-state index in [9.17, 15) is 9.59 Å². The lowest BCUT2D eigenvalue weighted by molar-refractivity contribution is -0.117. The molecule has 0 unspecified atom stereocenters. The van der Waals surface area contributed by atoms with Crippen LogP contribution in [0, 0.1) is 19.8 Å². The predicted octanol–water partition coefficient (Wildman–Crippen LogP) is 6.55. The number of anilines is 1. The minimum absolute atomic E-state index is 0.0971. The highest BCUT2D eigenvalue weighted by Crippen LogP contribution is 2.25. The van der Waals surface area contributed by atoms with E-state index in [0.717, 1.165) is 22.5 Å². The number of hydrogen-bond acceptors (Lipinski definition) is 3. The molecular formula is C30H31ClN4O2. The third kappa shape index (κ3) is 6.46. The molecule has 6 nitrogen and oxygen atoms in total. The highest BCUT2D eigenvalue weighted by molar-refractivity contribution is 6.30. The second-order valence-corrected chi connectivity index (χ2v) is 10.0. The molecule has 1 aromatic heterocycles. The fourth-order valence-corrected chi connectivity index (χ4v) is 4.19. The monoisotopic (exact) mass is 514 g/mol. The first kappa shape index (κ1) is 26.2. The second kappa shape index (κ2) is 11.4. The molecule has 0 bridgehead atoms. The Labute approximate surface area is 222 Å². The van der Waals surface area contributed by atoms with Crippen molar-refractivity contribution in [2.45, 2.75) is 27.7 Å². The van der Waals surface area contributed by atoms with Crippen molar-refractivity contribution in [3.63, 3.8) is 0 Å². The number of benzene rings is 3. The van der Waals surface area contributed by atoms with Crippen LogP contribution in [-0.4, -0.2) is 39.4 Å². The fourth-order valence-electron chi connectivity index (χ4n) is 4.06. The van der Waals surface area contributed by atoms with E-state index in [0.29, 0.717) is 23.1 Å². The van der Waals surface area contributed by atoms with Gasteiger partial charge < -0.3 is 4.90 Å². The number of amides is 2. The SMILES string of the molecule is Cc1ccc(-n2cc(-c3ccccc3)nc2NC(=O)CN(CC(C)C)C(=O)c2ccc(Cl)cc2)cc1C. The maximum atomic E-state index is 13.3. The average molecular weight is 515 g/mol. The summed E-state index contributed by atoms with van der Waals surface area (Å²) in [5.41, 5.74) is 5.39. The number of imidazole rings is 1. The van der Waals surface area contributed by atoms with Gasteiger partial charge in [0.1, 0.15) is 6.54 Å². The molecule has 2 amide bonds. The largest absolute Gasteiger partial charge is 0.329 e. The summed E-state index contributed by atoms with van der Waals surface area (Å²) < 4.78 is 1.88. The van der Waals surface area contributed by atoms with Gasteiger partial charge >= 0.3 is 0 Å². The number of halogens is 1. The highest BCUT2D eigenvalue weighted by atomic mass is 35.5. The zero-order valence-electron chi connectivity index (χ0n) is 21.5. The van der Waals surface area contributed by atoms with E-state index in [1.807, 2.05) is 67.1 Å². The van der Waals surface area contributed by atoms with Gasteiger partial charge in [0.05, 0.1) is 5.69 Å². The van der Waals surface area contributed by atoms with Gasteiger partial charge in [0.2, 0.25) is 11.9 Å². The van der Waals surface area contributed by atoms with E-state index in [-0.39, 0.29) is 24.3 Å². The number of aromatic nitrogens is 2. The van der Waals surface area contributed by atoms with Gasteiger partial charge in [0.15, 0.2) is 0 Å². The van der Waals surface area contributed by atoms with Gasteiger partial charge in [-0.25, -0.2) is 4.98 Å². The van der Waals surface area contributed by atoms with E-state index in [2.05, 4.69) is 25.2 Å². The van der Waals surface area contributed by atoms with Crippen molar-refractivity contribution in [2.75, 3.05) is 18.4 Å². The third-order valence-electron chi connectivity index (χ3n) is 6.09. The Kier molecular flexibility index (Phi) is 8.09. The first-order chi connectivity index (χ1) is 17.7. The molecule has 37 heavy (non-hydrogen) atoms. The molecule has 1 heterocycles. The van der Waals surface area contributed by atoms with E-state index in [4.69, 9.17) is 16.6 Å². The van der Waals surface area contributed by atoms with E-state index in [1.165, 1.54) is 5.56 Å². The Balaban J connectivity index is 1.63. The summed E-state index contributed by atoms with van der Waals surface area (Å²) in [6.07, 6.45) is 1.92. The van der Waals surface area contributed by atoms with Crippen molar-refractivity contribution >= 4 is 29.4 Å². The lowest BCUT2D eigenvalue weighted by Gasteiger charge is -2.24. The number of nitrogens with one attached hydrogen (secondary N) is 1. The second-order valence-electron chi connectivity index (χ2n) is 9.59. The molecule has 190 valence electrons. The fraction of sp³-hybridized carbons (Fsp3) is 0.233. The molecule has 0 spiro atoms. The van der Waals surface area contributed by atoms with Gasteiger partial charge in [-0.05, 0) is 67.3 Å². The lowest BCUT2D eigenvalue weighted by atomic mass is 10.1. The number of carbonyl (C=O) groups excluding carboxylic acids is 2. The smallest absolute Gasteiger partial charge is 0.254 e. The zero-order valence-corrected chi connectivity index (χ0v) is 22.3. The molecule has 1 N–H and O–H groups in total. The minimum atomic E-state index is -0.321. The molecule has 4 rings (SSSR count). The summed E-state index contributed by atoms with van der Waals surface area (Å²) in [6.45, 7) is 8.48. The molecule has 0 fully saturated rings. The Morgan fingerprint density at radius 1 is 0.973 bits per heavy atom. The van der Waals surface area contributed by atoms with Gasteiger partial charge in [0.25, 0.3) is 5.91 Å². The Bertz CT molecular complexity index is 1400. The topological polar surface area (TPSA) is 67.2 Å². The molecule has 7 heteroatoms. The molecule has 0 saturated carbocycles. The van der Waals surface area contributed by atoms with Crippen molar-refractivity contribution in [1.82, 2.24) is 14.5 Å². The quantitative estimate of drug-likeness (QED) is 0.290.